The van der Waals surface area contributed by atoms with Crippen molar-refractivity contribution >= 4 is 0 Å². The van der Waals surface area contributed by atoms with E-state index < -0.39 is 0 Å². The molecule has 6 heteroatoms. The summed E-state index contributed by atoms with van der Waals surface area (Å²) in [5, 5.41) is 14.2. The minimum Gasteiger partial charge on any atom is -0.508 e. The zero-order chi connectivity index (χ0) is 17.5. The first-order valence-electron chi connectivity index (χ1n) is 9.17. The molecule has 1 atom stereocenters. The van der Waals surface area contributed by atoms with E-state index in [1.165, 1.54) is 0 Å². The summed E-state index contributed by atoms with van der Waals surface area (Å²) in [6.07, 6.45) is 5.41. The number of aryl methyl sites for hydroxylation is 1. The third-order valence-corrected chi connectivity index (χ3v) is 4.49. The molecule has 25 heavy (non-hydrogen) atoms. The molecule has 1 N–H and O–H groups in total. The summed E-state index contributed by atoms with van der Waals surface area (Å²) in [7, 11) is 0. The van der Waals surface area contributed by atoms with E-state index in [2.05, 4.69) is 22.0 Å². The van der Waals surface area contributed by atoms with Crippen molar-refractivity contribution in [1.29, 1.82) is 0 Å². The zero-order valence-electron chi connectivity index (χ0n) is 14.9. The summed E-state index contributed by atoms with van der Waals surface area (Å²) in [5.74, 6) is 1.72. The molecule has 0 bridgehead atoms. The highest BCUT2D eigenvalue weighted by Crippen LogP contribution is 2.21. The van der Waals surface area contributed by atoms with Crippen LogP contribution in [0.3, 0.4) is 0 Å². The van der Waals surface area contributed by atoms with E-state index in [1.54, 1.807) is 6.07 Å². The molecule has 1 aromatic heterocycles. The smallest absolute Gasteiger partial charge is 0.226 e. The van der Waals surface area contributed by atoms with E-state index in [0.29, 0.717) is 30.6 Å². The first-order valence-corrected chi connectivity index (χ1v) is 9.17. The van der Waals surface area contributed by atoms with Crippen molar-refractivity contribution < 1.29 is 14.4 Å². The van der Waals surface area contributed by atoms with Crippen LogP contribution in [0.1, 0.15) is 49.9 Å². The van der Waals surface area contributed by atoms with E-state index in [0.717, 1.165) is 50.8 Å². The summed E-state index contributed by atoms with van der Waals surface area (Å²) >= 11 is 0. The van der Waals surface area contributed by atoms with Gasteiger partial charge < -0.3 is 14.4 Å². The summed E-state index contributed by atoms with van der Waals surface area (Å²) in [5.41, 5.74) is 0.898. The summed E-state index contributed by atoms with van der Waals surface area (Å²) in [4.78, 5) is 6.73. The van der Waals surface area contributed by atoms with Gasteiger partial charge in [-0.25, -0.2) is 0 Å². The van der Waals surface area contributed by atoms with Crippen LogP contribution in [0.2, 0.25) is 0 Å². The number of hydrogen-bond donors (Lipinski definition) is 1. The molecule has 0 unspecified atom stereocenters. The molecule has 0 aliphatic carbocycles. The SMILES string of the molecule is CCCCc1nc(CN(Cc2ccccc2O)C[C@H]2CCCO2)no1. The van der Waals surface area contributed by atoms with Crippen molar-refractivity contribution in [3.05, 3.63) is 41.5 Å². The van der Waals surface area contributed by atoms with Gasteiger partial charge in [-0.1, -0.05) is 36.7 Å². The van der Waals surface area contributed by atoms with Crippen LogP contribution in [-0.4, -0.2) is 39.4 Å². The second kappa shape index (κ2) is 8.97. The first-order chi connectivity index (χ1) is 12.2. The molecule has 2 aromatic rings. The maximum atomic E-state index is 10.1. The normalized spacial score (nSPS) is 17.4. The largest absolute Gasteiger partial charge is 0.508 e. The number of nitrogens with zero attached hydrogens (tertiary/aromatic N) is 3. The Hall–Kier alpha value is -1.92. The molecule has 6 nitrogen and oxygen atoms in total. The van der Waals surface area contributed by atoms with Crippen molar-refractivity contribution in [1.82, 2.24) is 15.0 Å². The van der Waals surface area contributed by atoms with Crippen molar-refractivity contribution in [2.75, 3.05) is 13.2 Å². The van der Waals surface area contributed by atoms with Crippen LogP contribution in [-0.2, 0) is 24.2 Å². The molecule has 2 heterocycles. The Balaban J connectivity index is 1.67. The number of hydrogen-bond acceptors (Lipinski definition) is 6. The number of aromatic nitrogens is 2. The van der Waals surface area contributed by atoms with E-state index >= 15 is 0 Å². The summed E-state index contributed by atoms with van der Waals surface area (Å²) in [6, 6.07) is 7.44. The lowest BCUT2D eigenvalue weighted by atomic mass is 10.1. The van der Waals surface area contributed by atoms with Crippen LogP contribution in [0, 0.1) is 0 Å². The Morgan fingerprint density at radius 1 is 1.28 bits per heavy atom. The number of benzene rings is 1. The average Bonchev–Trinajstić information content (AvgIpc) is 3.27. The van der Waals surface area contributed by atoms with Crippen molar-refractivity contribution in [2.45, 2.75) is 58.2 Å². The Bertz CT molecular complexity index is 653. The highest BCUT2D eigenvalue weighted by molar-refractivity contribution is 5.31. The highest BCUT2D eigenvalue weighted by atomic mass is 16.5. The van der Waals surface area contributed by atoms with Gasteiger partial charge in [-0.15, -0.1) is 0 Å². The lowest BCUT2D eigenvalue weighted by Crippen LogP contribution is -2.31. The van der Waals surface area contributed by atoms with E-state index in [9.17, 15) is 5.11 Å². The molecule has 3 rings (SSSR count). The Kier molecular flexibility index (Phi) is 6.42. The van der Waals surface area contributed by atoms with Gasteiger partial charge in [0, 0.05) is 31.7 Å². The summed E-state index contributed by atoms with van der Waals surface area (Å²) < 4.78 is 11.1. The third-order valence-electron chi connectivity index (χ3n) is 4.49. The Morgan fingerprint density at radius 2 is 2.16 bits per heavy atom. The maximum Gasteiger partial charge on any atom is 0.226 e. The first kappa shape index (κ1) is 17.9. The Labute approximate surface area is 148 Å². The molecule has 1 aliphatic rings. The molecule has 1 aliphatic heterocycles. The number of rotatable bonds is 9. The molecular formula is C19H27N3O3. The fraction of sp³-hybridized carbons (Fsp3) is 0.579. The minimum absolute atomic E-state index is 0.234. The second-order valence-corrected chi connectivity index (χ2v) is 6.64. The number of ether oxygens (including phenoxy) is 1. The predicted octanol–water partition coefficient (Wildman–Crippen LogP) is 3.30. The van der Waals surface area contributed by atoms with Crippen LogP contribution in [0.5, 0.6) is 5.75 Å². The lowest BCUT2D eigenvalue weighted by molar-refractivity contribution is 0.0664. The van der Waals surface area contributed by atoms with Gasteiger partial charge in [-0.3, -0.25) is 4.90 Å². The molecule has 1 saturated heterocycles. The quantitative estimate of drug-likeness (QED) is 0.752. The topological polar surface area (TPSA) is 71.6 Å². The maximum absolute atomic E-state index is 10.1. The molecule has 1 fully saturated rings. The number of phenolic OH excluding ortho intramolecular Hbond substituents is 1. The molecule has 0 saturated carbocycles. The van der Waals surface area contributed by atoms with E-state index in [-0.39, 0.29) is 6.10 Å². The van der Waals surface area contributed by atoms with Gasteiger partial charge in [0.1, 0.15) is 5.75 Å². The van der Waals surface area contributed by atoms with Gasteiger partial charge in [-0.05, 0) is 25.3 Å². The van der Waals surface area contributed by atoms with Crippen molar-refractivity contribution in [3.8, 4) is 5.75 Å². The molecule has 0 amide bonds. The van der Waals surface area contributed by atoms with Crippen LogP contribution >= 0.6 is 0 Å². The average molecular weight is 345 g/mol. The van der Waals surface area contributed by atoms with E-state index in [4.69, 9.17) is 9.26 Å². The number of para-hydroxylation sites is 1. The molecular weight excluding hydrogens is 318 g/mol. The zero-order valence-corrected chi connectivity index (χ0v) is 14.9. The molecule has 1 aromatic carbocycles. The van der Waals surface area contributed by atoms with Crippen molar-refractivity contribution in [2.24, 2.45) is 0 Å². The molecule has 136 valence electrons. The van der Waals surface area contributed by atoms with Crippen LogP contribution in [0.4, 0.5) is 0 Å². The summed E-state index contributed by atoms with van der Waals surface area (Å²) in [6.45, 7) is 4.99. The molecule has 0 radical (unpaired) electrons. The number of phenols is 1. The van der Waals surface area contributed by atoms with Crippen LogP contribution in [0.25, 0.3) is 0 Å². The lowest BCUT2D eigenvalue weighted by Gasteiger charge is -2.24. The van der Waals surface area contributed by atoms with E-state index in [1.807, 2.05) is 18.2 Å². The van der Waals surface area contributed by atoms with Crippen molar-refractivity contribution in [3.63, 3.8) is 0 Å². The monoisotopic (exact) mass is 345 g/mol. The van der Waals surface area contributed by atoms with Gasteiger partial charge in [0.15, 0.2) is 5.82 Å². The van der Waals surface area contributed by atoms with Gasteiger partial charge in [-0.2, -0.15) is 4.98 Å². The Morgan fingerprint density at radius 3 is 2.92 bits per heavy atom. The molecule has 0 spiro atoms. The predicted molar refractivity (Wildman–Crippen MR) is 94.1 cm³/mol. The number of aromatic hydroxyl groups is 1. The van der Waals surface area contributed by atoms with Gasteiger partial charge in [0.05, 0.1) is 12.6 Å². The van der Waals surface area contributed by atoms with Gasteiger partial charge in [0.25, 0.3) is 0 Å². The van der Waals surface area contributed by atoms with Crippen LogP contribution < -0.4 is 0 Å². The fourth-order valence-corrected chi connectivity index (χ4v) is 3.13. The minimum atomic E-state index is 0.234. The fourth-order valence-electron chi connectivity index (χ4n) is 3.13. The van der Waals surface area contributed by atoms with Crippen LogP contribution in [0.15, 0.2) is 28.8 Å². The second-order valence-electron chi connectivity index (χ2n) is 6.64. The number of unbranched alkanes of at least 4 members (excludes halogenated alkanes) is 1. The van der Waals surface area contributed by atoms with Gasteiger partial charge >= 0.3 is 0 Å². The third kappa shape index (κ3) is 5.28. The van der Waals surface area contributed by atoms with Gasteiger partial charge in [0.2, 0.25) is 5.89 Å². The highest BCUT2D eigenvalue weighted by Gasteiger charge is 2.21. The standard InChI is InChI=1S/C19H27N3O3/c1-2-3-10-19-20-18(21-25-19)14-22(13-16-8-6-11-24-16)12-15-7-4-5-9-17(15)23/h4-5,7,9,16,23H,2-3,6,8,10-14H2,1H3/t16-/m1/s1.